The van der Waals surface area contributed by atoms with E-state index in [1.807, 2.05) is 31.2 Å². The number of urea groups is 1. The van der Waals surface area contributed by atoms with Crippen molar-refractivity contribution >= 4 is 39.9 Å². The predicted molar refractivity (Wildman–Crippen MR) is 113 cm³/mol. The zero-order chi connectivity index (χ0) is 19.8. The second kappa shape index (κ2) is 9.95. The molecular formula is C19H20N4O3S2. The minimum Gasteiger partial charge on any atom is -0.497 e. The molecular weight excluding hydrogens is 396 g/mol. The number of ether oxygens (including phenoxy) is 2. The average Bonchev–Trinajstić information content (AvgIpc) is 3.13. The van der Waals surface area contributed by atoms with Gasteiger partial charge in [-0.05, 0) is 31.2 Å². The Bertz CT molecular complexity index is 916. The standard InChI is InChI=1S/C19H20N4O3S2/c1-13-6-8-15(9-7-13)26-10-11-27-19-23-22-18(28-19)21-17(24)20-14-4-3-5-16(12-14)25-2/h3-9,12H,10-11H2,1-2H3,(H2,20,21,22,24). The number of aromatic nitrogens is 2. The molecule has 1 heterocycles. The average molecular weight is 417 g/mol. The van der Waals surface area contributed by atoms with Crippen LogP contribution in [-0.2, 0) is 0 Å². The maximum Gasteiger partial charge on any atom is 0.325 e. The molecule has 0 unspecified atom stereocenters. The zero-order valence-electron chi connectivity index (χ0n) is 15.5. The van der Waals surface area contributed by atoms with Crippen molar-refractivity contribution in [3.63, 3.8) is 0 Å². The van der Waals surface area contributed by atoms with E-state index in [2.05, 4.69) is 20.8 Å². The molecule has 0 fully saturated rings. The van der Waals surface area contributed by atoms with Crippen LogP contribution in [0, 0.1) is 6.92 Å². The fourth-order valence-corrected chi connectivity index (χ4v) is 3.84. The highest BCUT2D eigenvalue weighted by Gasteiger charge is 2.09. The Morgan fingerprint density at radius 3 is 2.71 bits per heavy atom. The molecule has 0 radical (unpaired) electrons. The molecule has 0 saturated heterocycles. The van der Waals surface area contributed by atoms with Crippen LogP contribution in [0.2, 0.25) is 0 Å². The molecule has 2 amide bonds. The van der Waals surface area contributed by atoms with Crippen molar-refractivity contribution in [2.24, 2.45) is 0 Å². The lowest BCUT2D eigenvalue weighted by Gasteiger charge is -2.06. The van der Waals surface area contributed by atoms with Gasteiger partial charge in [0.15, 0.2) is 4.34 Å². The van der Waals surface area contributed by atoms with Crippen LogP contribution >= 0.6 is 23.1 Å². The summed E-state index contributed by atoms with van der Waals surface area (Å²) in [7, 11) is 1.57. The summed E-state index contributed by atoms with van der Waals surface area (Å²) in [5, 5.41) is 13.9. The molecule has 7 nitrogen and oxygen atoms in total. The summed E-state index contributed by atoms with van der Waals surface area (Å²) in [6.07, 6.45) is 0. The maximum atomic E-state index is 12.1. The van der Waals surface area contributed by atoms with Gasteiger partial charge < -0.3 is 14.8 Å². The molecule has 2 N–H and O–H groups in total. The molecule has 0 atom stereocenters. The van der Waals surface area contributed by atoms with E-state index in [9.17, 15) is 4.79 Å². The number of hydrogen-bond donors (Lipinski definition) is 2. The van der Waals surface area contributed by atoms with E-state index in [0.29, 0.717) is 23.2 Å². The Labute approximate surface area is 171 Å². The molecule has 1 aromatic heterocycles. The number of carbonyl (C=O) groups excluding carboxylic acids is 1. The van der Waals surface area contributed by atoms with E-state index in [1.165, 1.54) is 28.7 Å². The first-order valence-corrected chi connectivity index (χ1v) is 10.3. The second-order valence-electron chi connectivity index (χ2n) is 5.69. The first kappa shape index (κ1) is 20.0. The van der Waals surface area contributed by atoms with Crippen molar-refractivity contribution in [2.45, 2.75) is 11.3 Å². The van der Waals surface area contributed by atoms with Gasteiger partial charge in [0.25, 0.3) is 0 Å². The van der Waals surface area contributed by atoms with Crippen LogP contribution in [0.1, 0.15) is 5.56 Å². The summed E-state index contributed by atoms with van der Waals surface area (Å²) in [6, 6.07) is 14.7. The van der Waals surface area contributed by atoms with Crippen molar-refractivity contribution in [3.05, 3.63) is 54.1 Å². The number of aryl methyl sites for hydroxylation is 1. The normalized spacial score (nSPS) is 10.4. The first-order chi connectivity index (χ1) is 13.6. The summed E-state index contributed by atoms with van der Waals surface area (Å²) in [5.74, 6) is 2.25. The molecule has 3 rings (SSSR count). The number of hydrogen-bond acceptors (Lipinski definition) is 7. The van der Waals surface area contributed by atoms with E-state index in [0.717, 1.165) is 15.8 Å². The fraction of sp³-hybridized carbons (Fsp3) is 0.211. The maximum absolute atomic E-state index is 12.1. The minimum absolute atomic E-state index is 0.386. The number of rotatable bonds is 8. The third kappa shape index (κ3) is 6.14. The molecule has 0 aliphatic carbocycles. The molecule has 0 aliphatic rings. The van der Waals surface area contributed by atoms with Crippen LogP contribution in [-0.4, -0.2) is 35.7 Å². The lowest BCUT2D eigenvalue weighted by atomic mass is 10.2. The van der Waals surface area contributed by atoms with Gasteiger partial charge in [0.05, 0.1) is 13.7 Å². The molecule has 0 spiro atoms. The summed E-state index contributed by atoms with van der Waals surface area (Å²) in [6.45, 7) is 2.60. The molecule has 2 aromatic carbocycles. The lowest BCUT2D eigenvalue weighted by Crippen LogP contribution is -2.19. The van der Waals surface area contributed by atoms with Gasteiger partial charge in [0, 0.05) is 17.5 Å². The monoisotopic (exact) mass is 416 g/mol. The van der Waals surface area contributed by atoms with Gasteiger partial charge in [-0.1, -0.05) is 46.9 Å². The Kier molecular flexibility index (Phi) is 7.10. The smallest absolute Gasteiger partial charge is 0.325 e. The SMILES string of the molecule is COc1cccc(NC(=O)Nc2nnc(SCCOc3ccc(C)cc3)s2)c1. The van der Waals surface area contributed by atoms with Gasteiger partial charge in [-0.3, -0.25) is 5.32 Å². The minimum atomic E-state index is -0.386. The Morgan fingerprint density at radius 1 is 1.11 bits per heavy atom. The summed E-state index contributed by atoms with van der Waals surface area (Å²) >= 11 is 2.85. The number of benzene rings is 2. The van der Waals surface area contributed by atoms with E-state index in [-0.39, 0.29) is 6.03 Å². The van der Waals surface area contributed by atoms with E-state index in [1.54, 1.807) is 31.4 Å². The second-order valence-corrected chi connectivity index (χ2v) is 8.01. The van der Waals surface area contributed by atoms with Crippen LogP contribution < -0.4 is 20.1 Å². The van der Waals surface area contributed by atoms with Crippen LogP contribution in [0.4, 0.5) is 15.6 Å². The van der Waals surface area contributed by atoms with Gasteiger partial charge in [0.1, 0.15) is 11.5 Å². The summed E-state index contributed by atoms with van der Waals surface area (Å²) in [5.41, 5.74) is 1.83. The van der Waals surface area contributed by atoms with Gasteiger partial charge in [-0.2, -0.15) is 0 Å². The third-order valence-corrected chi connectivity index (χ3v) is 5.49. The number of thioether (sulfide) groups is 1. The summed E-state index contributed by atoms with van der Waals surface area (Å²) in [4.78, 5) is 12.1. The highest BCUT2D eigenvalue weighted by Crippen LogP contribution is 2.26. The van der Waals surface area contributed by atoms with Crippen molar-refractivity contribution < 1.29 is 14.3 Å². The van der Waals surface area contributed by atoms with Crippen molar-refractivity contribution in [1.29, 1.82) is 0 Å². The van der Waals surface area contributed by atoms with E-state index in [4.69, 9.17) is 9.47 Å². The largest absolute Gasteiger partial charge is 0.497 e. The fourth-order valence-electron chi connectivity index (χ4n) is 2.20. The van der Waals surface area contributed by atoms with Crippen molar-refractivity contribution in [2.75, 3.05) is 30.1 Å². The van der Waals surface area contributed by atoms with Crippen LogP contribution in [0.25, 0.3) is 0 Å². The number of methoxy groups -OCH3 is 1. The van der Waals surface area contributed by atoms with Gasteiger partial charge in [-0.15, -0.1) is 10.2 Å². The van der Waals surface area contributed by atoms with E-state index >= 15 is 0 Å². The van der Waals surface area contributed by atoms with E-state index < -0.39 is 0 Å². The number of carbonyl (C=O) groups is 1. The lowest BCUT2D eigenvalue weighted by molar-refractivity contribution is 0.262. The molecule has 0 aliphatic heterocycles. The van der Waals surface area contributed by atoms with Crippen molar-refractivity contribution in [3.8, 4) is 11.5 Å². The molecule has 0 bridgehead atoms. The highest BCUT2D eigenvalue weighted by molar-refractivity contribution is 8.01. The summed E-state index contributed by atoms with van der Waals surface area (Å²) < 4.78 is 11.6. The predicted octanol–water partition coefficient (Wildman–Crippen LogP) is 4.67. The van der Waals surface area contributed by atoms with Gasteiger partial charge >= 0.3 is 6.03 Å². The Balaban J connectivity index is 1.41. The van der Waals surface area contributed by atoms with Crippen molar-refractivity contribution in [1.82, 2.24) is 10.2 Å². The number of nitrogens with zero attached hydrogens (tertiary/aromatic N) is 2. The Morgan fingerprint density at radius 2 is 1.93 bits per heavy atom. The van der Waals surface area contributed by atoms with Crippen LogP contribution in [0.5, 0.6) is 11.5 Å². The molecule has 0 saturated carbocycles. The number of amides is 2. The third-order valence-electron chi connectivity index (χ3n) is 3.55. The molecule has 3 aromatic rings. The van der Waals surface area contributed by atoms with Crippen LogP contribution in [0.15, 0.2) is 52.9 Å². The molecule has 146 valence electrons. The van der Waals surface area contributed by atoms with Gasteiger partial charge in [0.2, 0.25) is 5.13 Å². The topological polar surface area (TPSA) is 85.4 Å². The number of nitrogens with one attached hydrogen (secondary N) is 2. The number of anilines is 2. The van der Waals surface area contributed by atoms with Gasteiger partial charge in [-0.25, -0.2) is 4.79 Å². The molecule has 28 heavy (non-hydrogen) atoms. The van der Waals surface area contributed by atoms with Crippen LogP contribution in [0.3, 0.4) is 0 Å². The highest BCUT2D eigenvalue weighted by atomic mass is 32.2. The Hall–Kier alpha value is -2.78. The first-order valence-electron chi connectivity index (χ1n) is 8.50. The zero-order valence-corrected chi connectivity index (χ0v) is 17.1. The molecule has 9 heteroatoms. The quantitative estimate of drug-likeness (QED) is 0.315.